The summed E-state index contributed by atoms with van der Waals surface area (Å²) in [5.41, 5.74) is 0. The van der Waals surface area contributed by atoms with E-state index in [1.165, 1.54) is 23.1 Å². The van der Waals surface area contributed by atoms with Gasteiger partial charge in [0.25, 0.3) is 0 Å². The minimum absolute atomic E-state index is 0.165. The standard InChI is InChI=1S/C15H14FN7O/c16-10-3-4-13(17-8-10)22-7-5-12(21-22)20-15(24)11-2-1-6-23-14(11)18-9-19-23/h3-5,7-9,11H,1-2,6H2,(H,20,21,24). The summed E-state index contributed by atoms with van der Waals surface area (Å²) in [7, 11) is 0. The molecule has 24 heavy (non-hydrogen) atoms. The van der Waals surface area contributed by atoms with E-state index in [1.807, 2.05) is 0 Å². The Labute approximate surface area is 136 Å². The third-order valence-electron chi connectivity index (χ3n) is 3.92. The summed E-state index contributed by atoms with van der Waals surface area (Å²) in [5.74, 6) is 0.632. The quantitative estimate of drug-likeness (QED) is 0.787. The number of nitrogens with zero attached hydrogens (tertiary/aromatic N) is 6. The normalized spacial score (nSPS) is 16.6. The van der Waals surface area contributed by atoms with E-state index in [-0.39, 0.29) is 11.8 Å². The zero-order valence-corrected chi connectivity index (χ0v) is 12.6. The Kier molecular flexibility index (Phi) is 3.52. The van der Waals surface area contributed by atoms with Crippen molar-refractivity contribution in [2.75, 3.05) is 5.32 Å². The van der Waals surface area contributed by atoms with E-state index in [2.05, 4.69) is 25.5 Å². The summed E-state index contributed by atoms with van der Waals surface area (Å²) >= 11 is 0. The third-order valence-corrected chi connectivity index (χ3v) is 3.92. The first-order valence-corrected chi connectivity index (χ1v) is 7.57. The highest BCUT2D eigenvalue weighted by Gasteiger charge is 2.29. The Morgan fingerprint density at radius 2 is 2.21 bits per heavy atom. The number of aryl methyl sites for hydroxylation is 1. The van der Waals surface area contributed by atoms with Crippen LogP contribution in [0.25, 0.3) is 5.82 Å². The number of fused-ring (bicyclic) bond motifs is 1. The SMILES string of the molecule is O=C(Nc1ccn(-c2ccc(F)cn2)n1)C1CCCn2ncnc21. The van der Waals surface area contributed by atoms with E-state index < -0.39 is 5.82 Å². The highest BCUT2D eigenvalue weighted by Crippen LogP contribution is 2.26. The number of carbonyl (C=O) groups excluding carboxylic acids is 1. The monoisotopic (exact) mass is 327 g/mol. The summed E-state index contributed by atoms with van der Waals surface area (Å²) in [6, 6.07) is 4.48. The first-order valence-electron chi connectivity index (χ1n) is 7.57. The van der Waals surface area contributed by atoms with Crippen LogP contribution in [0.4, 0.5) is 10.2 Å². The van der Waals surface area contributed by atoms with Crippen molar-refractivity contribution >= 4 is 11.7 Å². The van der Waals surface area contributed by atoms with Crippen molar-refractivity contribution in [3.63, 3.8) is 0 Å². The molecular formula is C15H14FN7O. The number of carbonyl (C=O) groups is 1. The predicted molar refractivity (Wildman–Crippen MR) is 81.9 cm³/mol. The first kappa shape index (κ1) is 14.5. The predicted octanol–water partition coefficient (Wildman–Crippen LogP) is 1.51. The fraction of sp³-hybridized carbons (Fsp3) is 0.267. The Balaban J connectivity index is 1.50. The van der Waals surface area contributed by atoms with Gasteiger partial charge in [-0.25, -0.2) is 23.7 Å². The van der Waals surface area contributed by atoms with Crippen LogP contribution >= 0.6 is 0 Å². The molecule has 1 aliphatic rings. The van der Waals surface area contributed by atoms with Crippen LogP contribution in [0.15, 0.2) is 36.9 Å². The van der Waals surface area contributed by atoms with Gasteiger partial charge in [0.05, 0.1) is 12.1 Å². The molecule has 1 atom stereocenters. The minimum Gasteiger partial charge on any atom is -0.309 e. The van der Waals surface area contributed by atoms with Crippen LogP contribution in [0.3, 0.4) is 0 Å². The first-order chi connectivity index (χ1) is 11.7. The van der Waals surface area contributed by atoms with Crippen LogP contribution in [0.5, 0.6) is 0 Å². The highest BCUT2D eigenvalue weighted by molar-refractivity contribution is 5.94. The van der Waals surface area contributed by atoms with Gasteiger partial charge in [0.2, 0.25) is 5.91 Å². The molecule has 1 amide bonds. The second-order valence-electron chi connectivity index (χ2n) is 5.51. The summed E-state index contributed by atoms with van der Waals surface area (Å²) < 4.78 is 16.1. The summed E-state index contributed by atoms with van der Waals surface area (Å²) in [6.45, 7) is 0.782. The number of hydrogen-bond acceptors (Lipinski definition) is 5. The number of rotatable bonds is 3. The molecule has 8 nitrogen and oxygen atoms in total. The van der Waals surface area contributed by atoms with Gasteiger partial charge in [0, 0.05) is 18.8 Å². The number of pyridine rings is 1. The second kappa shape index (κ2) is 5.84. The van der Waals surface area contributed by atoms with E-state index in [9.17, 15) is 9.18 Å². The fourth-order valence-electron chi connectivity index (χ4n) is 2.77. The van der Waals surface area contributed by atoms with E-state index in [0.29, 0.717) is 17.5 Å². The summed E-state index contributed by atoms with van der Waals surface area (Å²) in [6.07, 6.45) is 5.84. The van der Waals surface area contributed by atoms with Crippen LogP contribution in [-0.4, -0.2) is 35.4 Å². The van der Waals surface area contributed by atoms with Crippen LogP contribution in [-0.2, 0) is 11.3 Å². The van der Waals surface area contributed by atoms with E-state index >= 15 is 0 Å². The van der Waals surface area contributed by atoms with E-state index in [1.54, 1.807) is 16.9 Å². The molecule has 0 aliphatic carbocycles. The third kappa shape index (κ3) is 2.64. The Bertz CT molecular complexity index is 870. The van der Waals surface area contributed by atoms with Crippen LogP contribution in [0.2, 0.25) is 0 Å². The van der Waals surface area contributed by atoms with Gasteiger partial charge in [0.15, 0.2) is 11.6 Å². The maximum Gasteiger partial charge on any atom is 0.236 e. The largest absolute Gasteiger partial charge is 0.309 e. The Hall–Kier alpha value is -3.10. The van der Waals surface area contributed by atoms with E-state index in [0.717, 1.165) is 25.6 Å². The average molecular weight is 327 g/mol. The zero-order chi connectivity index (χ0) is 16.5. The molecule has 0 aromatic carbocycles. The van der Waals surface area contributed by atoms with Crippen LogP contribution < -0.4 is 5.32 Å². The molecule has 0 spiro atoms. The fourth-order valence-corrected chi connectivity index (χ4v) is 2.77. The van der Waals surface area contributed by atoms with Gasteiger partial charge in [-0.3, -0.25) is 4.79 Å². The maximum absolute atomic E-state index is 12.9. The lowest BCUT2D eigenvalue weighted by Crippen LogP contribution is -2.28. The van der Waals surface area contributed by atoms with Gasteiger partial charge >= 0.3 is 0 Å². The molecule has 1 unspecified atom stereocenters. The summed E-state index contributed by atoms with van der Waals surface area (Å²) in [5, 5.41) is 11.1. The van der Waals surface area contributed by atoms with Gasteiger partial charge in [-0.15, -0.1) is 5.10 Å². The van der Waals surface area contributed by atoms with Crippen molar-refractivity contribution in [1.82, 2.24) is 29.5 Å². The minimum atomic E-state index is -0.416. The second-order valence-corrected chi connectivity index (χ2v) is 5.51. The van der Waals surface area contributed by atoms with Gasteiger partial charge in [-0.05, 0) is 25.0 Å². The van der Waals surface area contributed by atoms with Crippen LogP contribution in [0.1, 0.15) is 24.6 Å². The summed E-state index contributed by atoms with van der Waals surface area (Å²) in [4.78, 5) is 20.6. The molecule has 0 fully saturated rings. The van der Waals surface area contributed by atoms with Crippen molar-refractivity contribution in [2.45, 2.75) is 25.3 Å². The Morgan fingerprint density at radius 1 is 1.29 bits per heavy atom. The molecule has 1 N–H and O–H groups in total. The molecule has 1 aliphatic heterocycles. The topological polar surface area (TPSA) is 90.5 Å². The van der Waals surface area contributed by atoms with Crippen molar-refractivity contribution in [2.24, 2.45) is 0 Å². The molecule has 4 heterocycles. The van der Waals surface area contributed by atoms with Crippen LogP contribution in [0, 0.1) is 5.82 Å². The maximum atomic E-state index is 12.9. The molecule has 0 saturated carbocycles. The lowest BCUT2D eigenvalue weighted by atomic mass is 9.98. The number of nitrogens with one attached hydrogen (secondary N) is 1. The lowest BCUT2D eigenvalue weighted by molar-refractivity contribution is -0.118. The van der Waals surface area contributed by atoms with Crippen molar-refractivity contribution in [3.8, 4) is 5.82 Å². The molecule has 122 valence electrons. The average Bonchev–Trinajstić information content (AvgIpc) is 3.24. The molecule has 0 saturated heterocycles. The molecule has 4 rings (SSSR count). The molecule has 3 aromatic heterocycles. The van der Waals surface area contributed by atoms with Gasteiger partial charge in [-0.2, -0.15) is 5.10 Å². The highest BCUT2D eigenvalue weighted by atomic mass is 19.1. The Morgan fingerprint density at radius 3 is 3.04 bits per heavy atom. The number of hydrogen-bond donors (Lipinski definition) is 1. The number of halogens is 1. The van der Waals surface area contributed by atoms with E-state index in [4.69, 9.17) is 0 Å². The zero-order valence-electron chi connectivity index (χ0n) is 12.6. The molecular weight excluding hydrogens is 313 g/mol. The number of anilines is 1. The number of aromatic nitrogens is 6. The molecule has 0 radical (unpaired) electrons. The van der Waals surface area contributed by atoms with Gasteiger partial charge in [0.1, 0.15) is 18.0 Å². The van der Waals surface area contributed by atoms with Gasteiger partial charge in [-0.1, -0.05) is 0 Å². The van der Waals surface area contributed by atoms with Crippen molar-refractivity contribution in [1.29, 1.82) is 0 Å². The molecule has 9 heteroatoms. The number of amides is 1. The smallest absolute Gasteiger partial charge is 0.236 e. The van der Waals surface area contributed by atoms with Crippen molar-refractivity contribution in [3.05, 3.63) is 48.6 Å². The molecule has 3 aromatic rings. The molecule has 0 bridgehead atoms. The lowest BCUT2D eigenvalue weighted by Gasteiger charge is -2.20. The van der Waals surface area contributed by atoms with Crippen molar-refractivity contribution < 1.29 is 9.18 Å². The van der Waals surface area contributed by atoms with Gasteiger partial charge < -0.3 is 5.32 Å².